The zero-order chi connectivity index (χ0) is 37.4. The van der Waals surface area contributed by atoms with Gasteiger partial charge in [0.1, 0.15) is 6.10 Å². The van der Waals surface area contributed by atoms with Gasteiger partial charge in [0.15, 0.2) is 5.78 Å². The topological polar surface area (TPSA) is 113 Å². The third-order valence-corrected chi connectivity index (χ3v) is 16.3. The number of hydrogen-bond acceptors (Lipinski definition) is 6. The number of Topliss-reactive ketones (excluding diaryl/α,β-unsaturated/α-hetero) is 1. The number of carbonyl (C=O) groups excluding carboxylic acids is 3. The third-order valence-electron chi connectivity index (χ3n) is 16.3. The van der Waals surface area contributed by atoms with E-state index in [4.69, 9.17) is 4.74 Å². The molecule has 5 aliphatic carbocycles. The lowest BCUT2D eigenvalue weighted by molar-refractivity contribution is -0.232. The summed E-state index contributed by atoms with van der Waals surface area (Å²) < 4.78 is 6.16. The number of ether oxygens (including phenoxy) is 1. The number of amides is 1. The number of aliphatic carboxylic acids is 1. The maximum Gasteiger partial charge on any atom is 0.309 e. The first kappa shape index (κ1) is 38.5. The molecule has 8 atom stereocenters. The number of rotatable bonds is 10. The van der Waals surface area contributed by atoms with E-state index >= 15 is 0 Å². The van der Waals surface area contributed by atoms with Gasteiger partial charge < -0.3 is 20.1 Å². The second kappa shape index (κ2) is 13.3. The molecule has 0 bridgehead atoms. The fourth-order valence-corrected chi connectivity index (χ4v) is 13.4. The van der Waals surface area contributed by atoms with Crippen LogP contribution in [0.15, 0.2) is 11.1 Å². The van der Waals surface area contributed by atoms with E-state index in [0.29, 0.717) is 24.7 Å². The van der Waals surface area contributed by atoms with Gasteiger partial charge in [-0.1, -0.05) is 48.5 Å². The molecule has 8 heteroatoms. The summed E-state index contributed by atoms with van der Waals surface area (Å²) in [5.41, 5.74) is 0.495. The van der Waals surface area contributed by atoms with Crippen LogP contribution in [0.3, 0.4) is 0 Å². The smallest absolute Gasteiger partial charge is 0.309 e. The number of allylic oxidation sites excluding steroid dienone is 1. The summed E-state index contributed by atoms with van der Waals surface area (Å²) in [5.74, 6) is 0.217. The fourth-order valence-electron chi connectivity index (χ4n) is 13.4. The Labute approximate surface area is 307 Å². The van der Waals surface area contributed by atoms with Gasteiger partial charge in [0.25, 0.3) is 0 Å². The van der Waals surface area contributed by atoms with Gasteiger partial charge in [-0.15, -0.1) is 0 Å². The zero-order valence-electron chi connectivity index (χ0n) is 33.3. The second-order valence-electron chi connectivity index (χ2n) is 20.2. The predicted octanol–water partition coefficient (Wildman–Crippen LogP) is 8.12. The zero-order valence-corrected chi connectivity index (χ0v) is 33.3. The lowest BCUT2D eigenvalue weighted by atomic mass is 9.33. The summed E-state index contributed by atoms with van der Waals surface area (Å²) in [5, 5.41) is 13.2. The van der Waals surface area contributed by atoms with Crippen LogP contribution in [-0.2, 0) is 23.9 Å². The molecule has 2 N–H and O–H groups in total. The van der Waals surface area contributed by atoms with Gasteiger partial charge >= 0.3 is 11.9 Å². The molecule has 1 aliphatic heterocycles. The molecule has 5 fully saturated rings. The molecule has 0 spiro atoms. The van der Waals surface area contributed by atoms with Crippen molar-refractivity contribution in [2.24, 2.45) is 50.7 Å². The highest BCUT2D eigenvalue weighted by molar-refractivity contribution is 6.02. The number of likely N-dealkylation sites (tertiary alicyclic amines) is 1. The van der Waals surface area contributed by atoms with Gasteiger partial charge in [-0.05, 0) is 155 Å². The first-order valence-corrected chi connectivity index (χ1v) is 20.5. The standard InChI is InChI=1S/C43H68N2O6/c1-27(2)35-29(46)25-43(44-33(47)13-12-24-45-22-10-11-23-45)21-20-41(8)28(36(35)43)14-15-31-40(7)18-17-32(51-34(48)26-38(3,4)37(49)50)39(5,6)30(40)16-19-42(31,41)9/h27-28,30-32H,10-26H2,1-9H3,(H,44,47)(H,49,50)/t28-,30+,31-,32+,40+,41-,42-,43-/m1/s1. The van der Waals surface area contributed by atoms with Gasteiger partial charge in [0.2, 0.25) is 5.91 Å². The van der Waals surface area contributed by atoms with Crippen LogP contribution < -0.4 is 5.32 Å². The predicted molar refractivity (Wildman–Crippen MR) is 199 cm³/mol. The number of carbonyl (C=O) groups is 4. The van der Waals surface area contributed by atoms with Crippen molar-refractivity contribution in [1.29, 1.82) is 0 Å². The van der Waals surface area contributed by atoms with Crippen LogP contribution in [0.1, 0.15) is 152 Å². The van der Waals surface area contributed by atoms with Crippen molar-refractivity contribution in [3.63, 3.8) is 0 Å². The largest absolute Gasteiger partial charge is 0.481 e. The molecule has 286 valence electrons. The number of carboxylic acids is 1. The van der Waals surface area contributed by atoms with E-state index in [0.717, 1.165) is 83.0 Å². The van der Waals surface area contributed by atoms with Crippen molar-refractivity contribution in [3.8, 4) is 0 Å². The van der Waals surface area contributed by atoms with E-state index in [9.17, 15) is 24.3 Å². The maximum atomic E-state index is 13.9. The highest BCUT2D eigenvalue weighted by atomic mass is 16.5. The van der Waals surface area contributed by atoms with E-state index in [2.05, 4.69) is 58.7 Å². The fraction of sp³-hybridized carbons (Fsp3) is 0.860. The summed E-state index contributed by atoms with van der Waals surface area (Å²) in [6.07, 6.45) is 11.8. The summed E-state index contributed by atoms with van der Waals surface area (Å²) >= 11 is 0. The monoisotopic (exact) mass is 709 g/mol. The molecule has 0 radical (unpaired) electrons. The Bertz CT molecular complexity index is 1460. The molecule has 6 aliphatic rings. The van der Waals surface area contributed by atoms with Crippen LogP contribution >= 0.6 is 0 Å². The third kappa shape index (κ3) is 6.23. The molecule has 4 saturated carbocycles. The minimum atomic E-state index is -1.16. The van der Waals surface area contributed by atoms with E-state index in [-0.39, 0.29) is 57.7 Å². The minimum absolute atomic E-state index is 0.00381. The number of nitrogens with zero attached hydrogens (tertiary/aromatic N) is 1. The van der Waals surface area contributed by atoms with Crippen molar-refractivity contribution in [2.45, 2.75) is 164 Å². The molecule has 0 aromatic carbocycles. The minimum Gasteiger partial charge on any atom is -0.481 e. The van der Waals surface area contributed by atoms with Crippen LogP contribution in [0.5, 0.6) is 0 Å². The Balaban J connectivity index is 1.24. The summed E-state index contributed by atoms with van der Waals surface area (Å²) in [6, 6.07) is 0. The van der Waals surface area contributed by atoms with Crippen LogP contribution in [0.4, 0.5) is 0 Å². The molecule has 0 unspecified atom stereocenters. The molecule has 1 saturated heterocycles. The van der Waals surface area contributed by atoms with Gasteiger partial charge in [0, 0.05) is 18.3 Å². The Morgan fingerprint density at radius 2 is 1.61 bits per heavy atom. The van der Waals surface area contributed by atoms with Gasteiger partial charge in [-0.2, -0.15) is 0 Å². The SMILES string of the molecule is CC(C)C1=C2[C@H]3CC[C@@H]4[C@@]5(C)CC[C@H](OC(=O)CC(C)(C)C(=O)O)C(C)(C)[C@@H]5CC[C@@]4(C)[C@]3(C)CC[C@@]2(NC(=O)CCCN2CCCC2)CC1=O. The number of hydrogen-bond donors (Lipinski definition) is 2. The Morgan fingerprint density at radius 3 is 2.25 bits per heavy atom. The first-order chi connectivity index (χ1) is 23.7. The number of fused-ring (bicyclic) bond motifs is 7. The molecule has 1 heterocycles. The van der Waals surface area contributed by atoms with Crippen molar-refractivity contribution < 1.29 is 29.0 Å². The number of ketones is 1. The van der Waals surface area contributed by atoms with Gasteiger partial charge in [0.05, 0.1) is 17.4 Å². The van der Waals surface area contributed by atoms with Gasteiger partial charge in [-0.25, -0.2) is 0 Å². The van der Waals surface area contributed by atoms with Crippen LogP contribution in [0.25, 0.3) is 0 Å². The Kier molecular flexibility index (Phi) is 10.0. The maximum absolute atomic E-state index is 13.9. The lowest BCUT2D eigenvalue weighted by Gasteiger charge is -2.72. The number of carboxylic acid groups (broad SMARTS) is 1. The van der Waals surface area contributed by atoms with E-state index in [1.165, 1.54) is 18.4 Å². The number of esters is 1. The Hall–Kier alpha value is -2.22. The second-order valence-corrected chi connectivity index (χ2v) is 20.2. The highest BCUT2D eigenvalue weighted by Crippen LogP contribution is 2.76. The lowest BCUT2D eigenvalue weighted by Crippen LogP contribution is -2.67. The summed E-state index contributed by atoms with van der Waals surface area (Å²) in [6.45, 7) is 22.9. The molecular weight excluding hydrogens is 640 g/mol. The van der Waals surface area contributed by atoms with E-state index < -0.39 is 22.9 Å². The van der Waals surface area contributed by atoms with E-state index in [1.54, 1.807) is 13.8 Å². The van der Waals surface area contributed by atoms with Crippen LogP contribution in [-0.4, -0.2) is 64.9 Å². The summed E-state index contributed by atoms with van der Waals surface area (Å²) in [7, 11) is 0. The molecule has 8 nitrogen and oxygen atoms in total. The van der Waals surface area contributed by atoms with Gasteiger partial charge in [-0.3, -0.25) is 19.2 Å². The summed E-state index contributed by atoms with van der Waals surface area (Å²) in [4.78, 5) is 54.9. The molecule has 6 rings (SSSR count). The molecule has 1 amide bonds. The molecule has 0 aromatic rings. The molecular formula is C43H68N2O6. The van der Waals surface area contributed by atoms with E-state index in [1.807, 2.05) is 0 Å². The average Bonchev–Trinajstić information content (AvgIpc) is 3.64. The Morgan fingerprint density at radius 1 is 0.922 bits per heavy atom. The quantitative estimate of drug-likeness (QED) is 0.221. The van der Waals surface area contributed by atoms with Crippen LogP contribution in [0, 0.1) is 50.7 Å². The number of nitrogens with one attached hydrogen (secondary N) is 1. The highest BCUT2D eigenvalue weighted by Gasteiger charge is 2.70. The van der Waals surface area contributed by atoms with Crippen molar-refractivity contribution >= 4 is 23.6 Å². The average molecular weight is 709 g/mol. The first-order valence-electron chi connectivity index (χ1n) is 20.5. The van der Waals surface area contributed by atoms with Crippen molar-refractivity contribution in [2.75, 3.05) is 19.6 Å². The normalized spacial score (nSPS) is 39.2. The molecule has 51 heavy (non-hydrogen) atoms. The molecule has 0 aromatic heterocycles. The van der Waals surface area contributed by atoms with Crippen molar-refractivity contribution in [1.82, 2.24) is 10.2 Å². The van der Waals surface area contributed by atoms with Crippen LogP contribution in [0.2, 0.25) is 0 Å². The van der Waals surface area contributed by atoms with Crippen molar-refractivity contribution in [3.05, 3.63) is 11.1 Å².